The highest BCUT2D eigenvalue weighted by molar-refractivity contribution is 5.47. The summed E-state index contributed by atoms with van der Waals surface area (Å²) in [6, 6.07) is 1.96. The fourth-order valence-electron chi connectivity index (χ4n) is 2.13. The summed E-state index contributed by atoms with van der Waals surface area (Å²) in [6.45, 7) is 5.90. The van der Waals surface area contributed by atoms with Gasteiger partial charge in [-0.15, -0.1) is 0 Å². The van der Waals surface area contributed by atoms with Gasteiger partial charge < -0.3 is 10.6 Å². The Labute approximate surface area is 126 Å². The summed E-state index contributed by atoms with van der Waals surface area (Å²) in [7, 11) is 1.93. The highest BCUT2D eigenvalue weighted by atomic mass is 15.2. The van der Waals surface area contributed by atoms with E-state index < -0.39 is 0 Å². The molecule has 0 bridgehead atoms. The monoisotopic (exact) mass is 288 g/mol. The van der Waals surface area contributed by atoms with Crippen LogP contribution in [0.1, 0.15) is 31.7 Å². The Kier molecular flexibility index (Phi) is 5.54. The SMILES string of the molecule is CCCc1nc(NCC)cc(NCCc2cnn(C)c2)n1. The molecule has 0 saturated heterocycles. The smallest absolute Gasteiger partial charge is 0.133 e. The minimum Gasteiger partial charge on any atom is -0.370 e. The number of aryl methyl sites for hydroxylation is 2. The zero-order valence-corrected chi connectivity index (χ0v) is 13.1. The summed E-state index contributed by atoms with van der Waals surface area (Å²) < 4.78 is 1.82. The summed E-state index contributed by atoms with van der Waals surface area (Å²) >= 11 is 0. The van der Waals surface area contributed by atoms with Crippen LogP contribution in [-0.2, 0) is 19.9 Å². The zero-order chi connectivity index (χ0) is 15.1. The third-order valence-corrected chi connectivity index (χ3v) is 3.08. The lowest BCUT2D eigenvalue weighted by Gasteiger charge is -2.10. The molecule has 114 valence electrons. The van der Waals surface area contributed by atoms with Crippen LogP contribution in [0.2, 0.25) is 0 Å². The van der Waals surface area contributed by atoms with Crippen molar-refractivity contribution < 1.29 is 0 Å². The first kappa shape index (κ1) is 15.3. The lowest BCUT2D eigenvalue weighted by molar-refractivity contribution is 0.766. The molecule has 2 N–H and O–H groups in total. The van der Waals surface area contributed by atoms with Crippen LogP contribution in [0.3, 0.4) is 0 Å². The lowest BCUT2D eigenvalue weighted by atomic mass is 10.2. The van der Waals surface area contributed by atoms with Crippen molar-refractivity contribution in [1.29, 1.82) is 0 Å². The maximum atomic E-state index is 4.56. The summed E-state index contributed by atoms with van der Waals surface area (Å²) in [5.74, 6) is 2.66. The first-order chi connectivity index (χ1) is 10.2. The number of nitrogens with zero attached hydrogens (tertiary/aromatic N) is 4. The molecule has 0 spiro atoms. The van der Waals surface area contributed by atoms with Gasteiger partial charge in [-0.2, -0.15) is 5.10 Å². The first-order valence-corrected chi connectivity index (χ1v) is 7.54. The number of hydrogen-bond donors (Lipinski definition) is 2. The number of anilines is 2. The molecule has 0 aliphatic heterocycles. The van der Waals surface area contributed by atoms with Gasteiger partial charge in [0, 0.05) is 38.8 Å². The third-order valence-electron chi connectivity index (χ3n) is 3.08. The Hall–Kier alpha value is -2.11. The van der Waals surface area contributed by atoms with Crippen LogP contribution in [0.25, 0.3) is 0 Å². The van der Waals surface area contributed by atoms with Crippen molar-refractivity contribution in [2.75, 3.05) is 23.7 Å². The van der Waals surface area contributed by atoms with E-state index in [0.29, 0.717) is 0 Å². The highest BCUT2D eigenvalue weighted by Crippen LogP contribution is 2.12. The van der Waals surface area contributed by atoms with Gasteiger partial charge >= 0.3 is 0 Å². The number of nitrogens with one attached hydrogen (secondary N) is 2. The van der Waals surface area contributed by atoms with Gasteiger partial charge in [-0.25, -0.2) is 9.97 Å². The predicted octanol–water partition coefficient (Wildman–Crippen LogP) is 2.25. The highest BCUT2D eigenvalue weighted by Gasteiger charge is 2.04. The minimum absolute atomic E-state index is 0.833. The van der Waals surface area contributed by atoms with Gasteiger partial charge in [0.25, 0.3) is 0 Å². The van der Waals surface area contributed by atoms with E-state index in [2.05, 4.69) is 39.5 Å². The van der Waals surface area contributed by atoms with Crippen LogP contribution in [0.5, 0.6) is 0 Å². The molecule has 6 nitrogen and oxygen atoms in total. The van der Waals surface area contributed by atoms with E-state index >= 15 is 0 Å². The molecule has 2 heterocycles. The Bertz CT molecular complexity index is 539. The fraction of sp³-hybridized carbons (Fsp3) is 0.533. The van der Waals surface area contributed by atoms with Crippen LogP contribution in [-0.4, -0.2) is 32.8 Å². The largest absolute Gasteiger partial charge is 0.370 e. The molecule has 0 aromatic carbocycles. The van der Waals surface area contributed by atoms with E-state index in [0.717, 1.165) is 49.8 Å². The summed E-state index contributed by atoms with van der Waals surface area (Å²) in [5.41, 5.74) is 1.22. The molecule has 2 aromatic rings. The van der Waals surface area contributed by atoms with Crippen molar-refractivity contribution in [1.82, 2.24) is 19.7 Å². The van der Waals surface area contributed by atoms with E-state index in [9.17, 15) is 0 Å². The second kappa shape index (κ2) is 7.61. The van der Waals surface area contributed by atoms with Gasteiger partial charge in [0.1, 0.15) is 17.5 Å². The van der Waals surface area contributed by atoms with Crippen molar-refractivity contribution in [2.45, 2.75) is 33.1 Å². The maximum Gasteiger partial charge on any atom is 0.133 e. The standard InChI is InChI=1S/C15H24N6/c1-4-6-13-19-14(16-5-2)9-15(20-13)17-8-7-12-10-18-21(3)11-12/h9-11H,4-8H2,1-3H3,(H2,16,17,19,20). The van der Waals surface area contributed by atoms with Crippen molar-refractivity contribution in [3.8, 4) is 0 Å². The summed E-state index contributed by atoms with van der Waals surface area (Å²) in [5, 5.41) is 10.8. The molecule has 0 radical (unpaired) electrons. The van der Waals surface area contributed by atoms with Crippen molar-refractivity contribution in [3.05, 3.63) is 29.8 Å². The van der Waals surface area contributed by atoms with E-state index in [1.54, 1.807) is 0 Å². The maximum absolute atomic E-state index is 4.56. The number of rotatable bonds is 8. The van der Waals surface area contributed by atoms with E-state index in [4.69, 9.17) is 0 Å². The Morgan fingerprint density at radius 1 is 1.10 bits per heavy atom. The Balaban J connectivity index is 1.97. The molecule has 0 aliphatic rings. The second-order valence-electron chi connectivity index (χ2n) is 5.03. The molecule has 2 aromatic heterocycles. The van der Waals surface area contributed by atoms with E-state index in [-0.39, 0.29) is 0 Å². The normalized spacial score (nSPS) is 10.6. The lowest BCUT2D eigenvalue weighted by Crippen LogP contribution is -2.10. The molecule has 0 fully saturated rings. The fourth-order valence-corrected chi connectivity index (χ4v) is 2.13. The molecule has 0 amide bonds. The molecular formula is C15H24N6. The van der Waals surface area contributed by atoms with Crippen molar-refractivity contribution in [3.63, 3.8) is 0 Å². The average Bonchev–Trinajstić information content (AvgIpc) is 2.85. The predicted molar refractivity (Wildman–Crippen MR) is 85.6 cm³/mol. The van der Waals surface area contributed by atoms with Crippen LogP contribution >= 0.6 is 0 Å². The first-order valence-electron chi connectivity index (χ1n) is 7.54. The molecule has 0 saturated carbocycles. The number of aromatic nitrogens is 4. The van der Waals surface area contributed by atoms with Gasteiger partial charge in [0.05, 0.1) is 6.20 Å². The van der Waals surface area contributed by atoms with Crippen LogP contribution < -0.4 is 10.6 Å². The van der Waals surface area contributed by atoms with Gasteiger partial charge in [0.2, 0.25) is 0 Å². The topological polar surface area (TPSA) is 67.7 Å². The second-order valence-corrected chi connectivity index (χ2v) is 5.03. The van der Waals surface area contributed by atoms with E-state index in [1.165, 1.54) is 5.56 Å². The summed E-state index contributed by atoms with van der Waals surface area (Å²) in [4.78, 5) is 9.07. The average molecular weight is 288 g/mol. The number of hydrogen-bond acceptors (Lipinski definition) is 5. The third kappa shape index (κ3) is 4.73. The van der Waals surface area contributed by atoms with Gasteiger partial charge in [-0.3, -0.25) is 4.68 Å². The molecular weight excluding hydrogens is 264 g/mol. The zero-order valence-electron chi connectivity index (χ0n) is 13.1. The molecule has 6 heteroatoms. The summed E-state index contributed by atoms with van der Waals surface area (Å²) in [6.07, 6.45) is 6.81. The van der Waals surface area contributed by atoms with Gasteiger partial charge in [-0.1, -0.05) is 6.92 Å². The minimum atomic E-state index is 0.833. The van der Waals surface area contributed by atoms with Gasteiger partial charge in [-0.05, 0) is 25.3 Å². The van der Waals surface area contributed by atoms with Crippen molar-refractivity contribution >= 4 is 11.6 Å². The van der Waals surface area contributed by atoms with Crippen LogP contribution in [0.15, 0.2) is 18.5 Å². The van der Waals surface area contributed by atoms with Crippen LogP contribution in [0, 0.1) is 0 Å². The molecule has 0 atom stereocenters. The van der Waals surface area contributed by atoms with Crippen molar-refractivity contribution in [2.24, 2.45) is 7.05 Å². The van der Waals surface area contributed by atoms with Gasteiger partial charge in [0.15, 0.2) is 0 Å². The Morgan fingerprint density at radius 3 is 2.48 bits per heavy atom. The molecule has 2 rings (SSSR count). The van der Waals surface area contributed by atoms with Crippen LogP contribution in [0.4, 0.5) is 11.6 Å². The quantitative estimate of drug-likeness (QED) is 0.780. The Morgan fingerprint density at radius 2 is 1.86 bits per heavy atom. The molecule has 21 heavy (non-hydrogen) atoms. The molecule has 0 aliphatic carbocycles. The molecule has 0 unspecified atom stereocenters. The van der Waals surface area contributed by atoms with E-state index in [1.807, 2.05) is 30.2 Å².